The molecule has 3 nitrogen and oxygen atoms in total. The molecule has 0 spiro atoms. The number of anilines is 1. The molecule has 0 saturated heterocycles. The molecule has 122 valence electrons. The molecule has 0 bridgehead atoms. The first kappa shape index (κ1) is 16.3. The molecule has 0 aliphatic rings. The quantitative estimate of drug-likeness (QED) is 0.720. The van der Waals surface area contributed by atoms with Crippen molar-refractivity contribution in [3.05, 3.63) is 82.6 Å². The third kappa shape index (κ3) is 4.73. The molecule has 0 fully saturated rings. The van der Waals surface area contributed by atoms with E-state index in [-0.39, 0.29) is 11.7 Å². The zero-order chi connectivity index (χ0) is 16.8. The average Bonchev–Trinajstić information content (AvgIpc) is 3.01. The highest BCUT2D eigenvalue weighted by Gasteiger charge is 2.08. The summed E-state index contributed by atoms with van der Waals surface area (Å²) in [7, 11) is 0. The molecule has 0 radical (unpaired) electrons. The van der Waals surface area contributed by atoms with E-state index in [0.29, 0.717) is 24.4 Å². The zero-order valence-electron chi connectivity index (χ0n) is 13.0. The van der Waals surface area contributed by atoms with Gasteiger partial charge < -0.3 is 5.32 Å². The van der Waals surface area contributed by atoms with E-state index < -0.39 is 0 Å². The molecule has 0 saturated carbocycles. The molecule has 0 aliphatic heterocycles. The fourth-order valence-corrected chi connectivity index (χ4v) is 3.24. The van der Waals surface area contributed by atoms with Crippen LogP contribution in [0.3, 0.4) is 0 Å². The Balaban J connectivity index is 1.53. The fourth-order valence-electron chi connectivity index (χ4n) is 2.38. The predicted molar refractivity (Wildman–Crippen MR) is 94.7 cm³/mol. The Bertz CT molecular complexity index is 817. The summed E-state index contributed by atoms with van der Waals surface area (Å²) in [6, 6.07) is 16.4. The number of carbonyl (C=O) groups excluding carboxylic acids is 1. The zero-order valence-corrected chi connectivity index (χ0v) is 13.9. The van der Waals surface area contributed by atoms with E-state index in [1.165, 1.54) is 23.5 Å². The maximum atomic E-state index is 13.2. The van der Waals surface area contributed by atoms with Crippen LogP contribution in [0.2, 0.25) is 0 Å². The van der Waals surface area contributed by atoms with Crippen molar-refractivity contribution in [2.75, 3.05) is 5.32 Å². The highest BCUT2D eigenvalue weighted by atomic mass is 32.1. The van der Waals surface area contributed by atoms with Crippen molar-refractivity contribution < 1.29 is 9.18 Å². The lowest BCUT2D eigenvalue weighted by Crippen LogP contribution is -2.11. The standard InChI is InChI=1S/C19H17FN2OS/c20-16-8-4-7-15(11-16)12-17-13-21-19(24-17)22-18(23)10-9-14-5-2-1-3-6-14/h1-8,11,13H,9-10,12H2,(H,21,22,23). The minimum Gasteiger partial charge on any atom is -0.302 e. The Labute approximate surface area is 144 Å². The van der Waals surface area contributed by atoms with E-state index >= 15 is 0 Å². The summed E-state index contributed by atoms with van der Waals surface area (Å²) in [6.45, 7) is 0. The van der Waals surface area contributed by atoms with Gasteiger partial charge in [-0.2, -0.15) is 0 Å². The number of rotatable bonds is 6. The van der Waals surface area contributed by atoms with Crippen molar-refractivity contribution in [1.82, 2.24) is 4.98 Å². The summed E-state index contributed by atoms with van der Waals surface area (Å²) in [5.74, 6) is -0.294. The topological polar surface area (TPSA) is 42.0 Å². The van der Waals surface area contributed by atoms with Crippen LogP contribution in [0.25, 0.3) is 0 Å². The van der Waals surface area contributed by atoms with Gasteiger partial charge in [-0.1, -0.05) is 42.5 Å². The third-order valence-corrected chi connectivity index (χ3v) is 4.46. The van der Waals surface area contributed by atoms with Crippen LogP contribution >= 0.6 is 11.3 Å². The Morgan fingerprint density at radius 1 is 1.08 bits per heavy atom. The second-order valence-electron chi connectivity index (χ2n) is 5.47. The second-order valence-corrected chi connectivity index (χ2v) is 6.59. The van der Waals surface area contributed by atoms with Crippen LogP contribution in [0.1, 0.15) is 22.4 Å². The number of benzene rings is 2. The van der Waals surface area contributed by atoms with E-state index in [1.54, 1.807) is 12.3 Å². The van der Waals surface area contributed by atoms with E-state index in [2.05, 4.69) is 10.3 Å². The first-order valence-electron chi connectivity index (χ1n) is 7.72. The van der Waals surface area contributed by atoms with Gasteiger partial charge in [-0.15, -0.1) is 11.3 Å². The smallest absolute Gasteiger partial charge is 0.226 e. The van der Waals surface area contributed by atoms with Crippen LogP contribution in [-0.4, -0.2) is 10.9 Å². The summed E-state index contributed by atoms with van der Waals surface area (Å²) in [5.41, 5.74) is 2.03. The Kier molecular flexibility index (Phi) is 5.33. The van der Waals surface area contributed by atoms with Crippen molar-refractivity contribution in [2.45, 2.75) is 19.3 Å². The molecule has 0 atom stereocenters. The summed E-state index contributed by atoms with van der Waals surface area (Å²) in [6.07, 6.45) is 3.45. The molecule has 0 unspecified atom stereocenters. The van der Waals surface area contributed by atoms with Gasteiger partial charge in [0.1, 0.15) is 5.82 Å². The van der Waals surface area contributed by atoms with Crippen molar-refractivity contribution >= 4 is 22.4 Å². The molecule has 1 heterocycles. The lowest BCUT2D eigenvalue weighted by Gasteiger charge is -2.02. The summed E-state index contributed by atoms with van der Waals surface area (Å²) >= 11 is 1.42. The van der Waals surface area contributed by atoms with Gasteiger partial charge in [0.25, 0.3) is 0 Å². The number of hydrogen-bond donors (Lipinski definition) is 1. The first-order valence-corrected chi connectivity index (χ1v) is 8.53. The van der Waals surface area contributed by atoms with E-state index in [0.717, 1.165) is 16.0 Å². The number of carbonyl (C=O) groups is 1. The lowest BCUT2D eigenvalue weighted by atomic mass is 10.1. The maximum Gasteiger partial charge on any atom is 0.226 e. The Morgan fingerprint density at radius 3 is 2.67 bits per heavy atom. The monoisotopic (exact) mass is 340 g/mol. The molecule has 1 amide bonds. The number of nitrogens with one attached hydrogen (secondary N) is 1. The summed E-state index contributed by atoms with van der Waals surface area (Å²) in [4.78, 5) is 17.2. The molecule has 24 heavy (non-hydrogen) atoms. The van der Waals surface area contributed by atoms with Crippen molar-refractivity contribution in [3.8, 4) is 0 Å². The number of hydrogen-bond acceptors (Lipinski definition) is 3. The van der Waals surface area contributed by atoms with Crippen molar-refractivity contribution in [3.63, 3.8) is 0 Å². The molecule has 1 aromatic heterocycles. The van der Waals surface area contributed by atoms with Crippen molar-refractivity contribution in [2.24, 2.45) is 0 Å². The number of halogens is 1. The van der Waals surface area contributed by atoms with Gasteiger partial charge in [0.2, 0.25) is 5.91 Å². The third-order valence-electron chi connectivity index (χ3n) is 3.55. The molecule has 5 heteroatoms. The molecule has 3 aromatic rings. The number of amides is 1. The van der Waals surface area contributed by atoms with Crippen LogP contribution in [0, 0.1) is 5.82 Å². The van der Waals surface area contributed by atoms with Gasteiger partial charge in [-0.25, -0.2) is 9.37 Å². The number of aromatic nitrogens is 1. The number of nitrogens with zero attached hydrogens (tertiary/aromatic N) is 1. The molecule has 0 aliphatic carbocycles. The largest absolute Gasteiger partial charge is 0.302 e. The highest BCUT2D eigenvalue weighted by Crippen LogP contribution is 2.21. The van der Waals surface area contributed by atoms with Crippen LogP contribution < -0.4 is 5.32 Å². The fraction of sp³-hybridized carbons (Fsp3) is 0.158. The Hall–Kier alpha value is -2.53. The van der Waals surface area contributed by atoms with Gasteiger partial charge in [0.15, 0.2) is 5.13 Å². The average molecular weight is 340 g/mol. The molecule has 3 rings (SSSR count). The predicted octanol–water partition coefficient (Wildman–Crippen LogP) is 4.44. The van der Waals surface area contributed by atoms with Gasteiger partial charge in [-0.05, 0) is 29.7 Å². The van der Waals surface area contributed by atoms with E-state index in [9.17, 15) is 9.18 Å². The van der Waals surface area contributed by atoms with Gasteiger partial charge >= 0.3 is 0 Å². The van der Waals surface area contributed by atoms with Crippen LogP contribution in [-0.2, 0) is 17.6 Å². The summed E-state index contributed by atoms with van der Waals surface area (Å²) < 4.78 is 13.2. The van der Waals surface area contributed by atoms with Crippen LogP contribution in [0.4, 0.5) is 9.52 Å². The minimum absolute atomic E-state index is 0.0505. The van der Waals surface area contributed by atoms with Crippen molar-refractivity contribution in [1.29, 1.82) is 0 Å². The maximum absolute atomic E-state index is 13.2. The summed E-state index contributed by atoms with van der Waals surface area (Å²) in [5, 5.41) is 3.41. The SMILES string of the molecule is O=C(CCc1ccccc1)Nc1ncc(Cc2cccc(F)c2)s1. The molecule has 1 N–H and O–H groups in total. The minimum atomic E-state index is -0.244. The number of thiazole rings is 1. The van der Waals surface area contributed by atoms with Crippen LogP contribution in [0.5, 0.6) is 0 Å². The lowest BCUT2D eigenvalue weighted by molar-refractivity contribution is -0.116. The normalized spacial score (nSPS) is 10.5. The van der Waals surface area contributed by atoms with Crippen LogP contribution in [0.15, 0.2) is 60.8 Å². The molecular formula is C19H17FN2OS. The molecule has 2 aromatic carbocycles. The number of aryl methyl sites for hydroxylation is 1. The van der Waals surface area contributed by atoms with Gasteiger partial charge in [-0.3, -0.25) is 4.79 Å². The first-order chi connectivity index (χ1) is 11.7. The van der Waals surface area contributed by atoms with E-state index in [4.69, 9.17) is 0 Å². The highest BCUT2D eigenvalue weighted by molar-refractivity contribution is 7.15. The van der Waals surface area contributed by atoms with E-state index in [1.807, 2.05) is 36.4 Å². The Morgan fingerprint density at radius 2 is 1.88 bits per heavy atom. The molecular weight excluding hydrogens is 323 g/mol. The van der Waals surface area contributed by atoms with Gasteiger partial charge in [0.05, 0.1) is 0 Å². The second kappa shape index (κ2) is 7.84. The van der Waals surface area contributed by atoms with Gasteiger partial charge in [0, 0.05) is 23.9 Å².